The molecule has 1 fully saturated rings. The van der Waals surface area contributed by atoms with Gasteiger partial charge in [0.2, 0.25) is 5.91 Å². The SMILES string of the molecule is CCC1SC(c2cc(OC)ccc2OC)N(CCN(C)C(=O)Nc2ccccc2OC)C1=O. The van der Waals surface area contributed by atoms with Crippen LogP contribution in [0.15, 0.2) is 42.5 Å². The van der Waals surface area contributed by atoms with Gasteiger partial charge in [-0.15, -0.1) is 11.8 Å². The maximum absolute atomic E-state index is 13.1. The number of amides is 3. The summed E-state index contributed by atoms with van der Waals surface area (Å²) in [6.45, 7) is 2.77. The topological polar surface area (TPSA) is 80.3 Å². The van der Waals surface area contributed by atoms with Crippen LogP contribution in [0.2, 0.25) is 0 Å². The standard InChI is InChI=1S/C24H31N3O5S/c1-6-21-22(28)27(23(33-21)17-15-16(30-3)11-12-19(17)31-4)14-13-26(2)24(29)25-18-9-7-8-10-20(18)32-5/h7-12,15,21,23H,6,13-14H2,1-5H3,(H,25,29). The average Bonchev–Trinajstić information content (AvgIpc) is 3.17. The summed E-state index contributed by atoms with van der Waals surface area (Å²) in [4.78, 5) is 29.2. The van der Waals surface area contributed by atoms with Gasteiger partial charge in [0.25, 0.3) is 0 Å². The molecule has 2 atom stereocenters. The zero-order valence-electron chi connectivity index (χ0n) is 19.7. The Morgan fingerprint density at radius 1 is 1.09 bits per heavy atom. The average molecular weight is 474 g/mol. The summed E-state index contributed by atoms with van der Waals surface area (Å²) < 4.78 is 16.3. The number of rotatable bonds is 9. The van der Waals surface area contributed by atoms with Gasteiger partial charge in [-0.25, -0.2) is 4.79 Å². The third-order valence-corrected chi connectivity index (χ3v) is 7.21. The minimum Gasteiger partial charge on any atom is -0.497 e. The first-order chi connectivity index (χ1) is 15.9. The summed E-state index contributed by atoms with van der Waals surface area (Å²) in [7, 11) is 6.49. The Morgan fingerprint density at radius 2 is 1.82 bits per heavy atom. The zero-order chi connectivity index (χ0) is 24.0. The summed E-state index contributed by atoms with van der Waals surface area (Å²) in [6.07, 6.45) is 0.729. The zero-order valence-corrected chi connectivity index (χ0v) is 20.5. The van der Waals surface area contributed by atoms with Crippen LogP contribution >= 0.6 is 11.8 Å². The number of likely N-dealkylation sites (N-methyl/N-ethyl adjacent to an activating group) is 1. The summed E-state index contributed by atoms with van der Waals surface area (Å²) >= 11 is 1.60. The molecule has 1 heterocycles. The molecule has 0 spiro atoms. The number of urea groups is 1. The van der Waals surface area contributed by atoms with Gasteiger partial charge < -0.3 is 29.3 Å². The van der Waals surface area contributed by atoms with Crippen molar-refractivity contribution in [1.29, 1.82) is 0 Å². The van der Waals surface area contributed by atoms with E-state index in [1.807, 2.05) is 42.2 Å². The van der Waals surface area contributed by atoms with Crippen LogP contribution in [0.4, 0.5) is 10.5 Å². The monoisotopic (exact) mass is 473 g/mol. The van der Waals surface area contributed by atoms with Gasteiger partial charge in [-0.2, -0.15) is 0 Å². The van der Waals surface area contributed by atoms with Crippen molar-refractivity contribution in [3.63, 3.8) is 0 Å². The fourth-order valence-electron chi connectivity index (χ4n) is 3.68. The second-order valence-corrected chi connectivity index (χ2v) is 8.86. The molecular weight excluding hydrogens is 442 g/mol. The van der Waals surface area contributed by atoms with Crippen LogP contribution < -0.4 is 19.5 Å². The largest absolute Gasteiger partial charge is 0.497 e. The number of hydrogen-bond donors (Lipinski definition) is 1. The fraction of sp³-hybridized carbons (Fsp3) is 0.417. The van der Waals surface area contributed by atoms with Crippen molar-refractivity contribution in [3.05, 3.63) is 48.0 Å². The summed E-state index contributed by atoms with van der Waals surface area (Å²) in [5, 5.41) is 2.50. The number of carbonyl (C=O) groups excluding carboxylic acids is 2. The van der Waals surface area contributed by atoms with Gasteiger partial charge in [-0.05, 0) is 36.8 Å². The Hall–Kier alpha value is -3.07. The van der Waals surface area contributed by atoms with Gasteiger partial charge >= 0.3 is 6.03 Å². The highest BCUT2D eigenvalue weighted by atomic mass is 32.2. The lowest BCUT2D eigenvalue weighted by Crippen LogP contribution is -2.40. The third-order valence-electron chi connectivity index (χ3n) is 5.58. The number of carbonyl (C=O) groups is 2. The molecule has 8 nitrogen and oxygen atoms in total. The number of anilines is 1. The molecule has 3 amide bonds. The Balaban J connectivity index is 1.75. The first-order valence-electron chi connectivity index (χ1n) is 10.8. The molecule has 2 aromatic rings. The van der Waals surface area contributed by atoms with Crippen molar-refractivity contribution in [3.8, 4) is 17.2 Å². The molecule has 33 heavy (non-hydrogen) atoms. The smallest absolute Gasteiger partial charge is 0.321 e. The number of nitrogens with one attached hydrogen (secondary N) is 1. The molecule has 178 valence electrons. The predicted octanol–water partition coefficient (Wildman–Crippen LogP) is 4.23. The van der Waals surface area contributed by atoms with E-state index >= 15 is 0 Å². The molecule has 1 aliphatic rings. The molecule has 1 N–H and O–H groups in total. The molecule has 0 saturated carbocycles. The van der Waals surface area contributed by atoms with Crippen molar-refractivity contribution in [2.75, 3.05) is 46.8 Å². The Morgan fingerprint density at radius 3 is 2.48 bits per heavy atom. The maximum atomic E-state index is 13.1. The van der Waals surface area contributed by atoms with Crippen molar-refractivity contribution in [2.24, 2.45) is 0 Å². The van der Waals surface area contributed by atoms with Crippen LogP contribution in [0, 0.1) is 0 Å². The van der Waals surface area contributed by atoms with Gasteiger partial charge in [-0.1, -0.05) is 19.1 Å². The molecule has 2 aromatic carbocycles. The Bertz CT molecular complexity index is 986. The van der Waals surface area contributed by atoms with E-state index in [9.17, 15) is 9.59 Å². The van der Waals surface area contributed by atoms with Crippen molar-refractivity contribution in [2.45, 2.75) is 24.0 Å². The summed E-state index contributed by atoms with van der Waals surface area (Å²) in [5.74, 6) is 2.05. The highest BCUT2D eigenvalue weighted by Crippen LogP contribution is 2.47. The van der Waals surface area contributed by atoms with E-state index in [0.29, 0.717) is 36.0 Å². The van der Waals surface area contributed by atoms with E-state index < -0.39 is 0 Å². The van der Waals surface area contributed by atoms with Gasteiger partial charge in [-0.3, -0.25) is 4.79 Å². The number of nitrogens with zero attached hydrogens (tertiary/aromatic N) is 2. The molecule has 0 aliphatic carbocycles. The maximum Gasteiger partial charge on any atom is 0.321 e. The molecule has 0 radical (unpaired) electrons. The summed E-state index contributed by atoms with van der Waals surface area (Å²) in [6, 6.07) is 12.6. The first kappa shape index (κ1) is 24.6. The highest BCUT2D eigenvalue weighted by Gasteiger charge is 2.41. The van der Waals surface area contributed by atoms with Crippen LogP contribution in [0.3, 0.4) is 0 Å². The summed E-state index contributed by atoms with van der Waals surface area (Å²) in [5.41, 5.74) is 1.47. The van der Waals surface area contributed by atoms with Gasteiger partial charge in [0.1, 0.15) is 22.6 Å². The van der Waals surface area contributed by atoms with E-state index in [-0.39, 0.29) is 22.6 Å². The number of methoxy groups -OCH3 is 3. The highest BCUT2D eigenvalue weighted by molar-refractivity contribution is 8.01. The van der Waals surface area contributed by atoms with E-state index in [1.165, 1.54) is 0 Å². The number of thioether (sulfide) groups is 1. The minimum absolute atomic E-state index is 0.0657. The lowest BCUT2D eigenvalue weighted by molar-refractivity contribution is -0.130. The lowest BCUT2D eigenvalue weighted by Gasteiger charge is -2.28. The number of para-hydroxylation sites is 2. The Kier molecular flexibility index (Phi) is 8.32. The molecule has 0 bridgehead atoms. The first-order valence-corrected chi connectivity index (χ1v) is 11.7. The van der Waals surface area contributed by atoms with Gasteiger partial charge in [0.15, 0.2) is 0 Å². The van der Waals surface area contributed by atoms with Crippen LogP contribution in [0.1, 0.15) is 24.3 Å². The van der Waals surface area contributed by atoms with Crippen LogP contribution in [-0.2, 0) is 4.79 Å². The number of ether oxygens (including phenoxy) is 3. The normalized spacial score (nSPS) is 17.6. The van der Waals surface area contributed by atoms with E-state index in [0.717, 1.165) is 12.0 Å². The van der Waals surface area contributed by atoms with E-state index in [4.69, 9.17) is 14.2 Å². The molecule has 1 aliphatic heterocycles. The van der Waals surface area contributed by atoms with Crippen molar-refractivity contribution < 1.29 is 23.8 Å². The van der Waals surface area contributed by atoms with Gasteiger partial charge in [0, 0.05) is 25.7 Å². The minimum atomic E-state index is -0.277. The van der Waals surface area contributed by atoms with Gasteiger partial charge in [0.05, 0.1) is 32.3 Å². The molecule has 0 aromatic heterocycles. The Labute approximate surface area is 199 Å². The number of benzene rings is 2. The molecule has 3 rings (SSSR count). The lowest BCUT2D eigenvalue weighted by atomic mass is 10.1. The van der Waals surface area contributed by atoms with Crippen LogP contribution in [-0.4, -0.2) is 68.5 Å². The second kappa shape index (κ2) is 11.2. The van der Waals surface area contributed by atoms with E-state index in [1.54, 1.807) is 57.2 Å². The number of hydrogen-bond acceptors (Lipinski definition) is 6. The molecule has 2 unspecified atom stereocenters. The van der Waals surface area contributed by atoms with E-state index in [2.05, 4.69) is 5.32 Å². The second-order valence-electron chi connectivity index (χ2n) is 7.58. The molecule has 1 saturated heterocycles. The molecular formula is C24H31N3O5S. The van der Waals surface area contributed by atoms with Crippen molar-refractivity contribution in [1.82, 2.24) is 9.80 Å². The van der Waals surface area contributed by atoms with Crippen LogP contribution in [0.25, 0.3) is 0 Å². The predicted molar refractivity (Wildman–Crippen MR) is 130 cm³/mol. The third kappa shape index (κ3) is 5.47. The molecule has 9 heteroatoms. The fourth-order valence-corrected chi connectivity index (χ4v) is 5.12. The van der Waals surface area contributed by atoms with Crippen LogP contribution in [0.5, 0.6) is 17.2 Å². The van der Waals surface area contributed by atoms with Crippen molar-refractivity contribution >= 4 is 29.4 Å². The quantitative estimate of drug-likeness (QED) is 0.587.